The summed E-state index contributed by atoms with van der Waals surface area (Å²) in [5.74, 6) is 0.261. The fourth-order valence-electron chi connectivity index (χ4n) is 1.61. The zero-order valence-electron chi connectivity index (χ0n) is 12.2. The molecule has 0 aliphatic heterocycles. The first-order valence-corrected chi connectivity index (χ1v) is 6.71. The molecule has 1 aromatic carbocycles. The van der Waals surface area contributed by atoms with Crippen molar-refractivity contribution in [1.82, 2.24) is 0 Å². The molecule has 0 aliphatic rings. The van der Waals surface area contributed by atoms with Gasteiger partial charge in [0.05, 0.1) is 13.2 Å². The molecule has 0 saturated carbocycles. The third-order valence-corrected chi connectivity index (χ3v) is 2.73. The highest BCUT2D eigenvalue weighted by Crippen LogP contribution is 2.26. The van der Waals surface area contributed by atoms with Crippen LogP contribution in [0.1, 0.15) is 37.0 Å². The number of anilines is 1. The summed E-state index contributed by atoms with van der Waals surface area (Å²) >= 11 is 0. The maximum absolute atomic E-state index is 11.9. The molecule has 1 aromatic rings. The lowest BCUT2D eigenvalue weighted by Gasteiger charge is -2.16. The first kappa shape index (κ1) is 15.3. The molecule has 0 N–H and O–H groups in total. The van der Waals surface area contributed by atoms with Crippen LogP contribution in [0.2, 0.25) is 0 Å². The molecule has 4 nitrogen and oxygen atoms in total. The van der Waals surface area contributed by atoms with Crippen LogP contribution in [0.3, 0.4) is 0 Å². The van der Waals surface area contributed by atoms with E-state index in [4.69, 9.17) is 9.47 Å². The van der Waals surface area contributed by atoms with E-state index in [2.05, 4.69) is 6.92 Å². The average Bonchev–Trinajstić information content (AvgIpc) is 2.39. The molecule has 0 atom stereocenters. The Labute approximate surface area is 115 Å². The maximum Gasteiger partial charge on any atom is 0.341 e. The van der Waals surface area contributed by atoms with Gasteiger partial charge in [0.2, 0.25) is 0 Å². The quantitative estimate of drug-likeness (QED) is 0.561. The van der Waals surface area contributed by atoms with E-state index in [9.17, 15) is 4.79 Å². The zero-order chi connectivity index (χ0) is 14.3. The second kappa shape index (κ2) is 7.67. The summed E-state index contributed by atoms with van der Waals surface area (Å²) in [7, 11) is 3.91. The van der Waals surface area contributed by atoms with E-state index in [1.165, 1.54) is 0 Å². The minimum absolute atomic E-state index is 0.334. The Kier molecular flexibility index (Phi) is 6.19. The molecule has 106 valence electrons. The van der Waals surface area contributed by atoms with E-state index < -0.39 is 0 Å². The summed E-state index contributed by atoms with van der Waals surface area (Å²) in [5, 5.41) is 0. The number of ether oxygens (including phenoxy) is 2. The minimum Gasteiger partial charge on any atom is -0.493 e. The maximum atomic E-state index is 11.9. The lowest BCUT2D eigenvalue weighted by molar-refractivity contribution is 0.0521. The molecule has 0 spiro atoms. The van der Waals surface area contributed by atoms with Crippen LogP contribution in [0.25, 0.3) is 0 Å². The van der Waals surface area contributed by atoms with Crippen LogP contribution in [0.4, 0.5) is 5.69 Å². The van der Waals surface area contributed by atoms with Gasteiger partial charge in [-0.25, -0.2) is 4.79 Å². The number of nitrogens with zero attached hydrogens (tertiary/aromatic N) is 1. The van der Waals surface area contributed by atoms with Crippen LogP contribution in [0, 0.1) is 0 Å². The van der Waals surface area contributed by atoms with Crippen molar-refractivity contribution in [2.75, 3.05) is 32.2 Å². The van der Waals surface area contributed by atoms with Gasteiger partial charge in [-0.15, -0.1) is 0 Å². The minimum atomic E-state index is -0.334. The number of carbonyl (C=O) groups is 1. The zero-order valence-corrected chi connectivity index (χ0v) is 12.2. The van der Waals surface area contributed by atoms with Crippen molar-refractivity contribution in [3.05, 3.63) is 23.8 Å². The summed E-state index contributed by atoms with van der Waals surface area (Å²) in [6.45, 7) is 4.87. The highest BCUT2D eigenvalue weighted by Gasteiger charge is 2.15. The normalized spacial score (nSPS) is 10.1. The van der Waals surface area contributed by atoms with Crippen molar-refractivity contribution in [2.45, 2.75) is 26.7 Å². The average molecular weight is 265 g/mol. The van der Waals surface area contributed by atoms with Crippen molar-refractivity contribution in [3.8, 4) is 5.75 Å². The van der Waals surface area contributed by atoms with Gasteiger partial charge >= 0.3 is 5.97 Å². The van der Waals surface area contributed by atoms with E-state index in [-0.39, 0.29) is 5.97 Å². The fourth-order valence-corrected chi connectivity index (χ4v) is 1.61. The highest BCUT2D eigenvalue weighted by atomic mass is 16.5. The topological polar surface area (TPSA) is 38.8 Å². The molecule has 0 bridgehead atoms. The molecule has 0 amide bonds. The third-order valence-electron chi connectivity index (χ3n) is 2.73. The van der Waals surface area contributed by atoms with Crippen molar-refractivity contribution in [3.63, 3.8) is 0 Å². The number of unbranched alkanes of at least 4 members (excludes halogenated alkanes) is 1. The largest absolute Gasteiger partial charge is 0.493 e. The smallest absolute Gasteiger partial charge is 0.341 e. The summed E-state index contributed by atoms with van der Waals surface area (Å²) in [6.07, 6.45) is 2.02. The number of hydrogen-bond donors (Lipinski definition) is 0. The molecule has 1 rings (SSSR count). The molecule has 0 unspecified atom stereocenters. The van der Waals surface area contributed by atoms with Crippen molar-refractivity contribution < 1.29 is 14.3 Å². The first-order chi connectivity index (χ1) is 9.10. The standard InChI is InChI=1S/C15H23NO3/c1-5-7-10-19-14-11-12(16(3)4)8-9-13(14)15(17)18-6-2/h8-9,11H,5-7,10H2,1-4H3. The van der Waals surface area contributed by atoms with E-state index >= 15 is 0 Å². The van der Waals surface area contributed by atoms with Crippen LogP contribution < -0.4 is 9.64 Å². The Hall–Kier alpha value is -1.71. The van der Waals surface area contributed by atoms with Gasteiger partial charge in [-0.2, -0.15) is 0 Å². The molecule has 0 saturated heterocycles. The number of hydrogen-bond acceptors (Lipinski definition) is 4. The Bertz CT molecular complexity index is 416. The van der Waals surface area contributed by atoms with Gasteiger partial charge in [0.1, 0.15) is 11.3 Å². The lowest BCUT2D eigenvalue weighted by Crippen LogP contribution is -2.12. The Morgan fingerprint density at radius 1 is 1.26 bits per heavy atom. The van der Waals surface area contributed by atoms with Gasteiger partial charge in [-0.1, -0.05) is 13.3 Å². The highest BCUT2D eigenvalue weighted by molar-refractivity contribution is 5.93. The number of benzene rings is 1. The molecular weight excluding hydrogens is 242 g/mol. The van der Waals surface area contributed by atoms with Gasteiger partial charge in [-0.05, 0) is 25.5 Å². The second-order valence-electron chi connectivity index (χ2n) is 4.50. The van der Waals surface area contributed by atoms with Gasteiger partial charge in [0, 0.05) is 25.8 Å². The Balaban J connectivity index is 2.96. The lowest BCUT2D eigenvalue weighted by atomic mass is 10.1. The summed E-state index contributed by atoms with van der Waals surface area (Å²) in [6, 6.07) is 5.52. The molecular formula is C15H23NO3. The van der Waals surface area contributed by atoms with E-state index in [1.54, 1.807) is 13.0 Å². The van der Waals surface area contributed by atoms with Gasteiger partial charge in [-0.3, -0.25) is 0 Å². The summed E-state index contributed by atoms with van der Waals surface area (Å²) in [5.41, 5.74) is 1.49. The Morgan fingerprint density at radius 2 is 2.00 bits per heavy atom. The molecule has 19 heavy (non-hydrogen) atoms. The summed E-state index contributed by atoms with van der Waals surface area (Å²) in [4.78, 5) is 13.8. The number of rotatable bonds is 7. The predicted octanol–water partition coefficient (Wildman–Crippen LogP) is 3.11. The summed E-state index contributed by atoms with van der Waals surface area (Å²) < 4.78 is 10.8. The number of esters is 1. The molecule has 0 fully saturated rings. The third kappa shape index (κ3) is 4.47. The van der Waals surface area contributed by atoms with E-state index in [1.807, 2.05) is 31.1 Å². The van der Waals surface area contributed by atoms with Crippen molar-refractivity contribution in [2.24, 2.45) is 0 Å². The SMILES string of the molecule is CCCCOc1cc(N(C)C)ccc1C(=O)OCC. The van der Waals surface area contributed by atoms with Crippen molar-refractivity contribution >= 4 is 11.7 Å². The van der Waals surface area contributed by atoms with Crippen LogP contribution in [-0.2, 0) is 4.74 Å². The molecule has 4 heteroatoms. The van der Waals surface area contributed by atoms with Crippen molar-refractivity contribution in [1.29, 1.82) is 0 Å². The van der Waals surface area contributed by atoms with Crippen LogP contribution in [0.5, 0.6) is 5.75 Å². The second-order valence-corrected chi connectivity index (χ2v) is 4.50. The molecule has 0 aromatic heterocycles. The van der Waals surface area contributed by atoms with Crippen LogP contribution in [-0.4, -0.2) is 33.3 Å². The van der Waals surface area contributed by atoms with Crippen LogP contribution in [0.15, 0.2) is 18.2 Å². The van der Waals surface area contributed by atoms with Gasteiger partial charge in [0.15, 0.2) is 0 Å². The van der Waals surface area contributed by atoms with Gasteiger partial charge < -0.3 is 14.4 Å². The van der Waals surface area contributed by atoms with E-state index in [0.29, 0.717) is 24.5 Å². The Morgan fingerprint density at radius 3 is 2.58 bits per heavy atom. The monoisotopic (exact) mass is 265 g/mol. The molecule has 0 heterocycles. The first-order valence-electron chi connectivity index (χ1n) is 6.71. The predicted molar refractivity (Wildman–Crippen MR) is 77.1 cm³/mol. The fraction of sp³-hybridized carbons (Fsp3) is 0.533. The number of carbonyl (C=O) groups excluding carboxylic acids is 1. The molecule has 0 radical (unpaired) electrons. The van der Waals surface area contributed by atoms with Gasteiger partial charge in [0.25, 0.3) is 0 Å². The van der Waals surface area contributed by atoms with Crippen LogP contribution >= 0.6 is 0 Å². The molecule has 0 aliphatic carbocycles. The van der Waals surface area contributed by atoms with E-state index in [0.717, 1.165) is 18.5 Å².